The molecule has 0 aliphatic heterocycles. The fourth-order valence-corrected chi connectivity index (χ4v) is 4.82. The number of carbonyl (C=O) groups excluding carboxylic acids is 1. The van der Waals surface area contributed by atoms with E-state index in [1.165, 1.54) is 12.1 Å². The van der Waals surface area contributed by atoms with Crippen molar-refractivity contribution in [1.29, 1.82) is 0 Å². The van der Waals surface area contributed by atoms with Gasteiger partial charge in [0.05, 0.1) is 33.6 Å². The van der Waals surface area contributed by atoms with Crippen molar-refractivity contribution in [3.63, 3.8) is 0 Å². The van der Waals surface area contributed by atoms with Crippen LogP contribution in [0.3, 0.4) is 0 Å². The Hall–Kier alpha value is -5.37. The molecule has 0 aliphatic rings. The zero-order chi connectivity index (χ0) is 27.6. The van der Waals surface area contributed by atoms with Crippen LogP contribution in [0.4, 0.5) is 0 Å². The molecule has 2 heterocycles. The van der Waals surface area contributed by atoms with E-state index in [0.717, 1.165) is 33.3 Å². The minimum atomic E-state index is -0.998. The second-order valence-electron chi connectivity index (χ2n) is 9.57. The number of benzene rings is 4. The third-order valence-corrected chi connectivity index (χ3v) is 6.91. The van der Waals surface area contributed by atoms with E-state index in [9.17, 15) is 14.7 Å². The molecule has 0 saturated heterocycles. The van der Waals surface area contributed by atoms with Crippen molar-refractivity contribution in [3.8, 4) is 11.1 Å². The maximum Gasteiger partial charge on any atom is 0.335 e. The van der Waals surface area contributed by atoms with Crippen molar-refractivity contribution in [2.45, 2.75) is 19.4 Å². The highest BCUT2D eigenvalue weighted by Crippen LogP contribution is 2.32. The molecule has 0 spiro atoms. The van der Waals surface area contributed by atoms with E-state index < -0.39 is 5.97 Å². The number of nitrogens with zero attached hydrogens (tertiary/aromatic N) is 3. The molecule has 4 aromatic carbocycles. The van der Waals surface area contributed by atoms with Gasteiger partial charge >= 0.3 is 5.97 Å². The van der Waals surface area contributed by atoms with Crippen molar-refractivity contribution < 1.29 is 19.2 Å². The summed E-state index contributed by atoms with van der Waals surface area (Å²) in [6.07, 6.45) is 3.72. The van der Waals surface area contributed by atoms with E-state index >= 15 is 0 Å². The average molecular weight is 529 g/mol. The molecule has 2 aromatic heterocycles. The summed E-state index contributed by atoms with van der Waals surface area (Å²) < 4.78 is 5.82. The molecule has 0 radical (unpaired) electrons. The number of hydrogen-bond donors (Lipinski definition) is 2. The van der Waals surface area contributed by atoms with E-state index in [1.54, 1.807) is 24.5 Å². The van der Waals surface area contributed by atoms with Crippen LogP contribution < -0.4 is 5.32 Å². The number of fused-ring (bicyclic) bond motifs is 2. The minimum absolute atomic E-state index is 0.188. The lowest BCUT2D eigenvalue weighted by atomic mass is 9.96. The van der Waals surface area contributed by atoms with Crippen LogP contribution in [0.5, 0.6) is 0 Å². The quantitative estimate of drug-likeness (QED) is 0.253. The molecule has 6 rings (SSSR count). The summed E-state index contributed by atoms with van der Waals surface area (Å²) in [5, 5.41) is 17.2. The van der Waals surface area contributed by atoms with Crippen molar-refractivity contribution in [1.82, 2.24) is 20.4 Å². The highest BCUT2D eigenvalue weighted by atomic mass is 16.5. The van der Waals surface area contributed by atoms with Gasteiger partial charge in [-0.05, 0) is 65.6 Å². The molecule has 2 N–H and O–H groups in total. The lowest BCUT2D eigenvalue weighted by Gasteiger charge is -2.16. The van der Waals surface area contributed by atoms with Gasteiger partial charge in [0, 0.05) is 18.8 Å². The Morgan fingerprint density at radius 2 is 1.60 bits per heavy atom. The molecule has 0 saturated carbocycles. The molecule has 0 aliphatic carbocycles. The molecule has 1 atom stereocenters. The van der Waals surface area contributed by atoms with Crippen LogP contribution >= 0.6 is 0 Å². The van der Waals surface area contributed by atoms with Gasteiger partial charge in [0.2, 0.25) is 0 Å². The zero-order valence-corrected chi connectivity index (χ0v) is 21.5. The number of nitrogens with one attached hydrogen (secondary N) is 1. The summed E-state index contributed by atoms with van der Waals surface area (Å²) >= 11 is 0. The van der Waals surface area contributed by atoms with Crippen molar-refractivity contribution in [3.05, 3.63) is 125 Å². The van der Waals surface area contributed by atoms with Crippen LogP contribution in [0.25, 0.3) is 33.1 Å². The fraction of sp³-hybridized carbons (Fsp3) is 0.0938. The monoisotopic (exact) mass is 528 g/mol. The molecule has 0 unspecified atom stereocenters. The first-order valence-corrected chi connectivity index (χ1v) is 12.8. The number of rotatable bonds is 7. The minimum Gasteiger partial charge on any atom is -0.478 e. The molecule has 40 heavy (non-hydrogen) atoms. The number of carboxylic acids is 1. The van der Waals surface area contributed by atoms with Gasteiger partial charge in [-0.3, -0.25) is 14.8 Å². The first-order chi connectivity index (χ1) is 19.5. The summed E-state index contributed by atoms with van der Waals surface area (Å²) in [7, 11) is 0. The number of hydrogen-bond acceptors (Lipinski definition) is 6. The van der Waals surface area contributed by atoms with Crippen molar-refractivity contribution in [2.24, 2.45) is 0 Å². The van der Waals surface area contributed by atoms with Crippen LogP contribution in [0.15, 0.2) is 102 Å². The molecule has 1 amide bonds. The summed E-state index contributed by atoms with van der Waals surface area (Å²) in [4.78, 5) is 33.7. The smallest absolute Gasteiger partial charge is 0.335 e. The maximum atomic E-state index is 13.8. The predicted octanol–water partition coefficient (Wildman–Crippen LogP) is 6.22. The highest BCUT2D eigenvalue weighted by Gasteiger charge is 2.22. The van der Waals surface area contributed by atoms with Gasteiger partial charge in [-0.15, -0.1) is 0 Å². The van der Waals surface area contributed by atoms with E-state index in [4.69, 9.17) is 4.52 Å². The SMILES string of the molecule is C[C@H](NC(=O)c1cc(-c2ccccc2)cc2noc(Cc3ccc4nccnc4c3)c12)c1ccc(C(=O)O)cc1. The standard InChI is InChI=1S/C32H24N4O4/c1-19(21-8-10-23(11-9-21)32(38)39)35-31(37)25-17-24(22-5-3-2-4-6-22)18-28-30(25)29(40-36-28)16-20-7-12-26-27(15-20)34-14-13-33-26/h2-15,17-19H,16H2,1H3,(H,35,37)(H,38,39)/t19-/m0/s1. The van der Waals surface area contributed by atoms with Gasteiger partial charge in [0.25, 0.3) is 5.91 Å². The third-order valence-electron chi connectivity index (χ3n) is 6.91. The molecular weight excluding hydrogens is 504 g/mol. The van der Waals surface area contributed by atoms with Crippen LogP contribution in [0, 0.1) is 0 Å². The normalized spacial score (nSPS) is 11.9. The van der Waals surface area contributed by atoms with E-state index in [0.29, 0.717) is 28.6 Å². The second-order valence-corrected chi connectivity index (χ2v) is 9.57. The first kappa shape index (κ1) is 24.9. The van der Waals surface area contributed by atoms with Crippen LogP contribution in [0.1, 0.15) is 50.6 Å². The van der Waals surface area contributed by atoms with Gasteiger partial charge in [-0.1, -0.05) is 53.7 Å². The second kappa shape index (κ2) is 10.4. The van der Waals surface area contributed by atoms with Crippen LogP contribution in [0.2, 0.25) is 0 Å². The molecule has 8 heteroatoms. The van der Waals surface area contributed by atoms with Gasteiger partial charge < -0.3 is 14.9 Å². The number of aromatic nitrogens is 3. The van der Waals surface area contributed by atoms with E-state index in [-0.39, 0.29) is 17.5 Å². The predicted molar refractivity (Wildman–Crippen MR) is 151 cm³/mol. The molecule has 8 nitrogen and oxygen atoms in total. The van der Waals surface area contributed by atoms with Gasteiger partial charge in [0.15, 0.2) is 0 Å². The topological polar surface area (TPSA) is 118 Å². The van der Waals surface area contributed by atoms with Crippen LogP contribution in [-0.4, -0.2) is 32.1 Å². The number of carbonyl (C=O) groups is 2. The maximum absolute atomic E-state index is 13.8. The molecular formula is C32H24N4O4. The lowest BCUT2D eigenvalue weighted by Crippen LogP contribution is -2.27. The fourth-order valence-electron chi connectivity index (χ4n) is 4.82. The molecule has 0 bridgehead atoms. The third kappa shape index (κ3) is 4.90. The summed E-state index contributed by atoms with van der Waals surface area (Å²) in [6, 6.07) is 25.5. The Morgan fingerprint density at radius 3 is 2.35 bits per heavy atom. The number of carboxylic acid groups (broad SMARTS) is 1. The average Bonchev–Trinajstić information content (AvgIpc) is 3.39. The number of amides is 1. The number of aromatic carboxylic acids is 1. The summed E-state index contributed by atoms with van der Waals surface area (Å²) in [5.41, 5.74) is 6.33. The Labute approximate surface area is 229 Å². The Kier molecular flexibility index (Phi) is 6.49. The summed E-state index contributed by atoms with van der Waals surface area (Å²) in [6.45, 7) is 1.86. The van der Waals surface area contributed by atoms with Gasteiger partial charge in [-0.2, -0.15) is 0 Å². The highest BCUT2D eigenvalue weighted by molar-refractivity contribution is 6.09. The largest absolute Gasteiger partial charge is 0.478 e. The van der Waals surface area contributed by atoms with E-state index in [2.05, 4.69) is 20.4 Å². The molecule has 0 fully saturated rings. The van der Waals surface area contributed by atoms with Crippen molar-refractivity contribution in [2.75, 3.05) is 0 Å². The van der Waals surface area contributed by atoms with Crippen molar-refractivity contribution >= 4 is 33.8 Å². The molecule has 196 valence electrons. The van der Waals surface area contributed by atoms with Gasteiger partial charge in [-0.25, -0.2) is 4.79 Å². The van der Waals surface area contributed by atoms with Gasteiger partial charge in [0.1, 0.15) is 11.3 Å². The zero-order valence-electron chi connectivity index (χ0n) is 21.5. The Bertz CT molecular complexity index is 1860. The molecule has 6 aromatic rings. The lowest BCUT2D eigenvalue weighted by molar-refractivity contribution is 0.0696. The Morgan fingerprint density at radius 1 is 0.850 bits per heavy atom. The first-order valence-electron chi connectivity index (χ1n) is 12.8. The summed E-state index contributed by atoms with van der Waals surface area (Å²) in [5.74, 6) is -0.713. The van der Waals surface area contributed by atoms with E-state index in [1.807, 2.05) is 67.6 Å². The Balaban J connectivity index is 1.39. The van der Waals surface area contributed by atoms with Crippen LogP contribution in [-0.2, 0) is 6.42 Å².